The highest BCUT2D eigenvalue weighted by Gasteiger charge is 2.18. The minimum atomic E-state index is 0.00319. The molecule has 1 unspecified atom stereocenters. The number of aryl methyl sites for hydroxylation is 1. The Morgan fingerprint density at radius 2 is 2.12 bits per heavy atom. The number of carbonyl (C=O) groups excluding carboxylic acids is 1. The van der Waals surface area contributed by atoms with Crippen molar-refractivity contribution in [2.24, 2.45) is 0 Å². The molecular formula is C14H22N2O. The van der Waals surface area contributed by atoms with E-state index < -0.39 is 0 Å². The summed E-state index contributed by atoms with van der Waals surface area (Å²) in [5, 5.41) is 0. The third-order valence-electron chi connectivity index (χ3n) is 3.13. The Bertz CT molecular complexity index is 401. The summed E-state index contributed by atoms with van der Waals surface area (Å²) in [5.74, 6) is 0.00319. The molecule has 17 heavy (non-hydrogen) atoms. The standard InChI is InChI=1S/C14H22N2O/c1-5-6-11(3)16(4)14(17)12-8-7-10(2)9-13(12)15/h7-9,11H,5-6,15H2,1-4H3. The summed E-state index contributed by atoms with van der Waals surface area (Å²) in [4.78, 5) is 14.0. The molecule has 0 saturated heterocycles. The molecule has 0 heterocycles. The fourth-order valence-electron chi connectivity index (χ4n) is 1.88. The van der Waals surface area contributed by atoms with Gasteiger partial charge >= 0.3 is 0 Å². The Labute approximate surface area is 104 Å². The molecule has 0 radical (unpaired) electrons. The van der Waals surface area contributed by atoms with Crippen LogP contribution < -0.4 is 5.73 Å². The molecule has 2 N–H and O–H groups in total. The lowest BCUT2D eigenvalue weighted by Gasteiger charge is -2.25. The number of hydrogen-bond donors (Lipinski definition) is 1. The Balaban J connectivity index is 2.88. The molecular weight excluding hydrogens is 212 g/mol. The summed E-state index contributed by atoms with van der Waals surface area (Å²) in [6.07, 6.45) is 2.08. The van der Waals surface area contributed by atoms with Crippen LogP contribution in [0.1, 0.15) is 42.6 Å². The Hall–Kier alpha value is -1.51. The molecule has 94 valence electrons. The van der Waals surface area contributed by atoms with Crippen LogP contribution in [0.4, 0.5) is 5.69 Å². The summed E-state index contributed by atoms with van der Waals surface area (Å²) in [5.41, 5.74) is 8.12. The molecule has 0 aliphatic rings. The lowest BCUT2D eigenvalue weighted by atomic mass is 10.1. The van der Waals surface area contributed by atoms with Crippen molar-refractivity contribution >= 4 is 11.6 Å². The van der Waals surface area contributed by atoms with Crippen molar-refractivity contribution in [3.8, 4) is 0 Å². The third kappa shape index (κ3) is 3.22. The molecule has 3 nitrogen and oxygen atoms in total. The second-order valence-electron chi connectivity index (χ2n) is 4.64. The molecule has 0 fully saturated rings. The number of nitrogens with two attached hydrogens (primary N) is 1. The largest absolute Gasteiger partial charge is 0.398 e. The van der Waals surface area contributed by atoms with E-state index in [-0.39, 0.29) is 11.9 Å². The number of carbonyl (C=O) groups is 1. The Kier molecular flexibility index (Phi) is 4.55. The zero-order chi connectivity index (χ0) is 13.0. The van der Waals surface area contributed by atoms with E-state index in [0.29, 0.717) is 11.3 Å². The molecule has 1 amide bonds. The van der Waals surface area contributed by atoms with Gasteiger partial charge in [0.1, 0.15) is 0 Å². The second kappa shape index (κ2) is 5.71. The van der Waals surface area contributed by atoms with E-state index in [9.17, 15) is 4.79 Å². The molecule has 1 aromatic rings. The normalized spacial score (nSPS) is 12.2. The van der Waals surface area contributed by atoms with Gasteiger partial charge in [-0.05, 0) is 38.0 Å². The minimum Gasteiger partial charge on any atom is -0.398 e. The van der Waals surface area contributed by atoms with Crippen molar-refractivity contribution in [3.63, 3.8) is 0 Å². The fourth-order valence-corrected chi connectivity index (χ4v) is 1.88. The molecule has 3 heteroatoms. The minimum absolute atomic E-state index is 0.00319. The molecule has 1 aromatic carbocycles. The van der Waals surface area contributed by atoms with Gasteiger partial charge in [0.25, 0.3) is 5.91 Å². The number of nitrogen functional groups attached to an aromatic ring is 1. The van der Waals surface area contributed by atoms with E-state index in [4.69, 9.17) is 5.73 Å². The fraction of sp³-hybridized carbons (Fsp3) is 0.500. The van der Waals surface area contributed by atoms with Crippen LogP contribution in [0.2, 0.25) is 0 Å². The zero-order valence-electron chi connectivity index (χ0n) is 11.2. The zero-order valence-corrected chi connectivity index (χ0v) is 11.2. The quantitative estimate of drug-likeness (QED) is 0.814. The van der Waals surface area contributed by atoms with Gasteiger partial charge in [-0.2, -0.15) is 0 Å². The Morgan fingerprint density at radius 1 is 1.47 bits per heavy atom. The van der Waals surface area contributed by atoms with Gasteiger partial charge in [-0.15, -0.1) is 0 Å². The first-order valence-electron chi connectivity index (χ1n) is 6.10. The van der Waals surface area contributed by atoms with Gasteiger partial charge in [-0.3, -0.25) is 4.79 Å². The van der Waals surface area contributed by atoms with Gasteiger partial charge < -0.3 is 10.6 Å². The highest BCUT2D eigenvalue weighted by atomic mass is 16.2. The SMILES string of the molecule is CCCC(C)N(C)C(=O)c1ccc(C)cc1N. The maximum absolute atomic E-state index is 12.2. The van der Waals surface area contributed by atoms with E-state index in [1.807, 2.05) is 32.2 Å². The molecule has 0 spiro atoms. The van der Waals surface area contributed by atoms with Crippen LogP contribution in [0.25, 0.3) is 0 Å². The average molecular weight is 234 g/mol. The summed E-state index contributed by atoms with van der Waals surface area (Å²) in [6.45, 7) is 6.15. The summed E-state index contributed by atoms with van der Waals surface area (Å²) < 4.78 is 0. The van der Waals surface area contributed by atoms with Crippen molar-refractivity contribution < 1.29 is 4.79 Å². The first-order valence-corrected chi connectivity index (χ1v) is 6.10. The molecule has 0 saturated carbocycles. The lowest BCUT2D eigenvalue weighted by Crippen LogP contribution is -2.35. The number of amides is 1. The van der Waals surface area contributed by atoms with Gasteiger partial charge in [0, 0.05) is 18.8 Å². The molecule has 1 atom stereocenters. The van der Waals surface area contributed by atoms with Gasteiger partial charge in [0.05, 0.1) is 5.56 Å². The summed E-state index contributed by atoms with van der Waals surface area (Å²) in [7, 11) is 1.84. The van der Waals surface area contributed by atoms with E-state index in [1.165, 1.54) is 0 Å². The van der Waals surface area contributed by atoms with E-state index in [2.05, 4.69) is 13.8 Å². The second-order valence-corrected chi connectivity index (χ2v) is 4.64. The van der Waals surface area contributed by atoms with Gasteiger partial charge in [-0.1, -0.05) is 19.4 Å². The highest BCUT2D eigenvalue weighted by Crippen LogP contribution is 2.17. The van der Waals surface area contributed by atoms with Gasteiger partial charge in [0.15, 0.2) is 0 Å². The van der Waals surface area contributed by atoms with Crippen LogP contribution in [-0.4, -0.2) is 23.9 Å². The molecule has 0 aliphatic carbocycles. The number of rotatable bonds is 4. The van der Waals surface area contributed by atoms with Crippen molar-refractivity contribution in [2.45, 2.75) is 39.7 Å². The van der Waals surface area contributed by atoms with Crippen LogP contribution in [0.5, 0.6) is 0 Å². The number of anilines is 1. The predicted octanol–water partition coefficient (Wildman–Crippen LogP) is 2.84. The van der Waals surface area contributed by atoms with E-state index >= 15 is 0 Å². The van der Waals surface area contributed by atoms with Gasteiger partial charge in [0.2, 0.25) is 0 Å². The van der Waals surface area contributed by atoms with Crippen molar-refractivity contribution in [3.05, 3.63) is 29.3 Å². The van der Waals surface area contributed by atoms with Crippen molar-refractivity contribution in [2.75, 3.05) is 12.8 Å². The van der Waals surface area contributed by atoms with Crippen molar-refractivity contribution in [1.29, 1.82) is 0 Å². The maximum Gasteiger partial charge on any atom is 0.255 e. The van der Waals surface area contributed by atoms with Crippen LogP contribution in [-0.2, 0) is 0 Å². The molecule has 0 bridgehead atoms. The molecule has 1 rings (SSSR count). The number of benzene rings is 1. The number of nitrogens with zero attached hydrogens (tertiary/aromatic N) is 1. The van der Waals surface area contributed by atoms with Crippen LogP contribution in [0.3, 0.4) is 0 Å². The van der Waals surface area contributed by atoms with Gasteiger partial charge in [-0.25, -0.2) is 0 Å². The smallest absolute Gasteiger partial charge is 0.255 e. The van der Waals surface area contributed by atoms with Crippen LogP contribution in [0, 0.1) is 6.92 Å². The predicted molar refractivity (Wildman–Crippen MR) is 72.1 cm³/mol. The third-order valence-corrected chi connectivity index (χ3v) is 3.13. The first kappa shape index (κ1) is 13.6. The van der Waals surface area contributed by atoms with Crippen LogP contribution in [0.15, 0.2) is 18.2 Å². The first-order chi connectivity index (χ1) is 7.97. The summed E-state index contributed by atoms with van der Waals surface area (Å²) >= 11 is 0. The average Bonchev–Trinajstić information content (AvgIpc) is 2.27. The van der Waals surface area contributed by atoms with Crippen molar-refractivity contribution in [1.82, 2.24) is 4.90 Å². The maximum atomic E-state index is 12.2. The monoisotopic (exact) mass is 234 g/mol. The van der Waals surface area contributed by atoms with Crippen LogP contribution >= 0.6 is 0 Å². The molecule has 0 aliphatic heterocycles. The van der Waals surface area contributed by atoms with E-state index in [0.717, 1.165) is 18.4 Å². The Morgan fingerprint density at radius 3 is 2.65 bits per heavy atom. The summed E-state index contributed by atoms with van der Waals surface area (Å²) in [6, 6.07) is 5.81. The lowest BCUT2D eigenvalue weighted by molar-refractivity contribution is 0.0738. The molecule has 0 aromatic heterocycles. The van der Waals surface area contributed by atoms with E-state index in [1.54, 1.807) is 4.90 Å². The number of hydrogen-bond acceptors (Lipinski definition) is 2. The highest BCUT2D eigenvalue weighted by molar-refractivity contribution is 5.99. The topological polar surface area (TPSA) is 46.3 Å².